The van der Waals surface area contributed by atoms with Crippen molar-refractivity contribution in [2.24, 2.45) is 0 Å². The third-order valence-electron chi connectivity index (χ3n) is 3.65. The second-order valence-corrected chi connectivity index (χ2v) is 5.47. The minimum Gasteiger partial charge on any atom is -0.378 e. The fourth-order valence-corrected chi connectivity index (χ4v) is 2.73. The van der Waals surface area contributed by atoms with E-state index >= 15 is 0 Å². The van der Waals surface area contributed by atoms with Crippen molar-refractivity contribution < 1.29 is 0 Å². The van der Waals surface area contributed by atoms with E-state index in [2.05, 4.69) is 40.2 Å². The molecule has 20 heavy (non-hydrogen) atoms. The van der Waals surface area contributed by atoms with Crippen LogP contribution in [0.3, 0.4) is 0 Å². The van der Waals surface area contributed by atoms with E-state index in [1.54, 1.807) is 0 Å². The summed E-state index contributed by atoms with van der Waals surface area (Å²) >= 11 is 6.42. The van der Waals surface area contributed by atoms with Gasteiger partial charge in [-0.1, -0.05) is 17.7 Å². The van der Waals surface area contributed by atoms with Gasteiger partial charge in [-0.05, 0) is 24.6 Å². The molecule has 0 radical (unpaired) electrons. The standard InChI is InChI=1S/C14H22ClN3.2ClH/c1-11(18-8-6-16-7-9-18)13-5-4-12(17(2)3)10-14(13)15;;/h4-5,10-11,16H,6-9H2,1-3H3;2*1H/t11-;;/m1../s1. The number of nitrogens with one attached hydrogen (secondary N) is 1. The lowest BCUT2D eigenvalue weighted by Gasteiger charge is -2.33. The van der Waals surface area contributed by atoms with Crippen molar-refractivity contribution in [2.45, 2.75) is 13.0 Å². The lowest BCUT2D eigenvalue weighted by Crippen LogP contribution is -2.44. The summed E-state index contributed by atoms with van der Waals surface area (Å²) in [6.45, 7) is 6.55. The number of anilines is 1. The first-order valence-electron chi connectivity index (χ1n) is 6.51. The molecule has 1 saturated heterocycles. The van der Waals surface area contributed by atoms with E-state index in [4.69, 9.17) is 11.6 Å². The van der Waals surface area contributed by atoms with E-state index in [-0.39, 0.29) is 24.8 Å². The van der Waals surface area contributed by atoms with Gasteiger partial charge in [0.2, 0.25) is 0 Å². The number of hydrogen-bond acceptors (Lipinski definition) is 3. The molecule has 0 bridgehead atoms. The summed E-state index contributed by atoms with van der Waals surface area (Å²) in [6.07, 6.45) is 0. The van der Waals surface area contributed by atoms with Gasteiger partial charge in [0.1, 0.15) is 0 Å². The first-order chi connectivity index (χ1) is 8.59. The Kier molecular flexibility index (Phi) is 8.87. The van der Waals surface area contributed by atoms with E-state index in [1.165, 1.54) is 5.56 Å². The molecule has 0 amide bonds. The summed E-state index contributed by atoms with van der Waals surface area (Å²) in [5, 5.41) is 4.25. The Morgan fingerprint density at radius 1 is 1.20 bits per heavy atom. The van der Waals surface area contributed by atoms with E-state index < -0.39 is 0 Å². The SMILES string of the molecule is C[C@H](c1ccc(N(C)C)cc1Cl)N1CCNCC1.Cl.Cl. The molecule has 6 heteroatoms. The first kappa shape index (κ1) is 19.8. The minimum atomic E-state index is 0. The molecule has 1 heterocycles. The number of halogens is 3. The van der Waals surface area contributed by atoms with Crippen LogP contribution in [0.2, 0.25) is 5.02 Å². The third kappa shape index (κ3) is 4.68. The van der Waals surface area contributed by atoms with Crippen LogP contribution in [-0.2, 0) is 0 Å². The van der Waals surface area contributed by atoms with Crippen molar-refractivity contribution in [3.05, 3.63) is 28.8 Å². The Hall–Kier alpha value is -0.190. The first-order valence-corrected chi connectivity index (χ1v) is 6.89. The van der Waals surface area contributed by atoms with Crippen molar-refractivity contribution >= 4 is 42.1 Å². The van der Waals surface area contributed by atoms with Crippen LogP contribution in [0.1, 0.15) is 18.5 Å². The molecule has 0 unspecified atom stereocenters. The van der Waals surface area contributed by atoms with Gasteiger partial charge in [0, 0.05) is 57.0 Å². The molecule has 1 atom stereocenters. The zero-order valence-electron chi connectivity index (χ0n) is 12.2. The molecule has 2 rings (SSSR count). The fourth-order valence-electron chi connectivity index (χ4n) is 2.40. The molecular formula is C14H24Cl3N3. The van der Waals surface area contributed by atoms with Gasteiger partial charge in [0.05, 0.1) is 0 Å². The lowest BCUT2D eigenvalue weighted by molar-refractivity contribution is 0.185. The smallest absolute Gasteiger partial charge is 0.0474 e. The monoisotopic (exact) mass is 339 g/mol. The summed E-state index contributed by atoms with van der Waals surface area (Å²) in [7, 11) is 4.07. The summed E-state index contributed by atoms with van der Waals surface area (Å²) < 4.78 is 0. The average Bonchev–Trinajstić information content (AvgIpc) is 2.38. The van der Waals surface area contributed by atoms with Crippen molar-refractivity contribution in [2.75, 3.05) is 45.2 Å². The highest BCUT2D eigenvalue weighted by molar-refractivity contribution is 6.31. The fraction of sp³-hybridized carbons (Fsp3) is 0.571. The van der Waals surface area contributed by atoms with E-state index in [0.29, 0.717) is 6.04 Å². The molecule has 1 aliphatic rings. The summed E-state index contributed by atoms with van der Waals surface area (Å²) in [4.78, 5) is 4.55. The van der Waals surface area contributed by atoms with E-state index in [9.17, 15) is 0 Å². The Bertz CT molecular complexity index is 407. The van der Waals surface area contributed by atoms with Crippen LogP contribution < -0.4 is 10.2 Å². The number of nitrogens with zero attached hydrogens (tertiary/aromatic N) is 2. The second kappa shape index (κ2) is 8.96. The number of hydrogen-bond donors (Lipinski definition) is 1. The largest absolute Gasteiger partial charge is 0.378 e. The van der Waals surface area contributed by atoms with Gasteiger partial charge in [0.25, 0.3) is 0 Å². The molecule has 116 valence electrons. The normalized spacial score (nSPS) is 16.8. The Morgan fingerprint density at radius 2 is 1.80 bits per heavy atom. The zero-order valence-corrected chi connectivity index (χ0v) is 14.6. The molecular weight excluding hydrogens is 317 g/mol. The maximum absolute atomic E-state index is 6.42. The van der Waals surface area contributed by atoms with Gasteiger partial charge >= 0.3 is 0 Å². The van der Waals surface area contributed by atoms with Gasteiger partial charge in [-0.25, -0.2) is 0 Å². The van der Waals surface area contributed by atoms with Crippen LogP contribution in [0.15, 0.2) is 18.2 Å². The topological polar surface area (TPSA) is 18.5 Å². The predicted molar refractivity (Wildman–Crippen MR) is 93.1 cm³/mol. The highest BCUT2D eigenvalue weighted by Crippen LogP contribution is 2.30. The van der Waals surface area contributed by atoms with Gasteiger partial charge in [-0.3, -0.25) is 4.90 Å². The second-order valence-electron chi connectivity index (χ2n) is 5.06. The summed E-state index contributed by atoms with van der Waals surface area (Å²) in [5.74, 6) is 0. The van der Waals surface area contributed by atoms with Gasteiger partial charge in [-0.2, -0.15) is 0 Å². The highest BCUT2D eigenvalue weighted by Gasteiger charge is 2.20. The Balaban J connectivity index is 0.00000180. The van der Waals surface area contributed by atoms with Crippen LogP contribution in [0.25, 0.3) is 0 Å². The summed E-state index contributed by atoms with van der Waals surface area (Å²) in [6, 6.07) is 6.73. The van der Waals surface area contributed by atoms with Crippen LogP contribution >= 0.6 is 36.4 Å². The molecule has 1 aromatic carbocycles. The minimum absolute atomic E-state index is 0. The van der Waals surface area contributed by atoms with E-state index in [0.717, 1.165) is 36.9 Å². The van der Waals surface area contributed by atoms with Gasteiger partial charge < -0.3 is 10.2 Å². The molecule has 0 aromatic heterocycles. The van der Waals surface area contributed by atoms with Crippen molar-refractivity contribution in [1.82, 2.24) is 10.2 Å². The number of benzene rings is 1. The average molecular weight is 341 g/mol. The van der Waals surface area contributed by atoms with Crippen LogP contribution in [0, 0.1) is 0 Å². The molecule has 0 saturated carbocycles. The third-order valence-corrected chi connectivity index (χ3v) is 3.98. The maximum atomic E-state index is 6.42. The quantitative estimate of drug-likeness (QED) is 0.911. The van der Waals surface area contributed by atoms with Crippen molar-refractivity contribution in [1.29, 1.82) is 0 Å². The highest BCUT2D eigenvalue weighted by atomic mass is 35.5. The predicted octanol–water partition coefficient (Wildman–Crippen LogP) is 3.22. The van der Waals surface area contributed by atoms with Crippen LogP contribution in [0.4, 0.5) is 5.69 Å². The summed E-state index contributed by atoms with van der Waals surface area (Å²) in [5.41, 5.74) is 2.38. The molecule has 1 fully saturated rings. The molecule has 0 spiro atoms. The van der Waals surface area contributed by atoms with Gasteiger partial charge in [-0.15, -0.1) is 24.8 Å². The zero-order chi connectivity index (χ0) is 13.1. The maximum Gasteiger partial charge on any atom is 0.0474 e. The lowest BCUT2D eigenvalue weighted by atomic mass is 10.1. The molecule has 1 aliphatic heterocycles. The molecule has 0 aliphatic carbocycles. The van der Waals surface area contributed by atoms with Crippen LogP contribution in [-0.4, -0.2) is 45.2 Å². The number of rotatable bonds is 3. The van der Waals surface area contributed by atoms with E-state index in [1.807, 2.05) is 14.1 Å². The Labute approximate surface area is 139 Å². The number of piperazine rings is 1. The molecule has 1 N–H and O–H groups in total. The van der Waals surface area contributed by atoms with Crippen molar-refractivity contribution in [3.63, 3.8) is 0 Å². The van der Waals surface area contributed by atoms with Gasteiger partial charge in [0.15, 0.2) is 0 Å². The van der Waals surface area contributed by atoms with Crippen molar-refractivity contribution in [3.8, 4) is 0 Å². The molecule has 1 aromatic rings. The van der Waals surface area contributed by atoms with Crippen LogP contribution in [0.5, 0.6) is 0 Å². The molecule has 3 nitrogen and oxygen atoms in total. The Morgan fingerprint density at radius 3 is 2.30 bits per heavy atom.